The van der Waals surface area contributed by atoms with Gasteiger partial charge >= 0.3 is 0 Å². The minimum atomic E-state index is -0.00158. The van der Waals surface area contributed by atoms with Crippen molar-refractivity contribution in [1.29, 1.82) is 0 Å². The monoisotopic (exact) mass is 577 g/mol. The van der Waals surface area contributed by atoms with Crippen molar-refractivity contribution in [1.82, 2.24) is 4.57 Å². The summed E-state index contributed by atoms with van der Waals surface area (Å²) in [5, 5.41) is 0.696. The lowest BCUT2D eigenvalue weighted by Gasteiger charge is -2.13. The molecule has 0 spiro atoms. The van der Waals surface area contributed by atoms with Crippen LogP contribution in [0, 0.1) is 0 Å². The first-order chi connectivity index (χ1) is 15.2. The van der Waals surface area contributed by atoms with E-state index in [1.165, 1.54) is 96.3 Å². The van der Waals surface area contributed by atoms with Gasteiger partial charge in [-0.05, 0) is 12.8 Å². The third-order valence-corrected chi connectivity index (χ3v) is 6.61. The van der Waals surface area contributed by atoms with Crippen LogP contribution in [0.4, 0.5) is 0 Å². The summed E-state index contributed by atoms with van der Waals surface area (Å²) in [4.78, 5) is 12.2. The Morgan fingerprint density at radius 1 is 0.750 bits per heavy atom. The number of hydrogen-bond donors (Lipinski definition) is 0. The van der Waals surface area contributed by atoms with Crippen molar-refractivity contribution in [3.8, 4) is 5.75 Å². The Morgan fingerprint density at radius 3 is 1.66 bits per heavy atom. The van der Waals surface area contributed by atoms with E-state index in [1.807, 2.05) is 6.20 Å². The van der Waals surface area contributed by atoms with Crippen molar-refractivity contribution in [3.63, 3.8) is 0 Å². The van der Waals surface area contributed by atoms with Gasteiger partial charge in [0.1, 0.15) is 0 Å². The molecule has 0 aliphatic heterocycles. The van der Waals surface area contributed by atoms with Gasteiger partial charge in [0.2, 0.25) is 5.43 Å². The highest BCUT2D eigenvalue weighted by molar-refractivity contribution is 9.08. The molecule has 0 saturated carbocycles. The predicted octanol–water partition coefficient (Wildman–Crippen LogP) is 9.37. The van der Waals surface area contributed by atoms with Gasteiger partial charge in [0.05, 0.1) is 12.8 Å². The van der Waals surface area contributed by atoms with Crippen molar-refractivity contribution in [3.05, 3.63) is 28.2 Å². The fourth-order valence-corrected chi connectivity index (χ4v) is 4.58. The Labute approximate surface area is 217 Å². The molecule has 0 saturated heterocycles. The van der Waals surface area contributed by atoms with Crippen LogP contribution < -0.4 is 10.2 Å². The van der Waals surface area contributed by atoms with Crippen LogP contribution >= 0.6 is 32.9 Å². The third-order valence-electron chi connectivity index (χ3n) is 6.04. The van der Waals surface area contributed by atoms with Crippen molar-refractivity contribution >= 4 is 32.9 Å². The van der Waals surface area contributed by atoms with Crippen molar-refractivity contribution in [2.45, 2.75) is 135 Å². The number of aryl methyl sites for hydroxylation is 1. The molecule has 0 bridgehead atoms. The normalized spacial score (nSPS) is 10.8. The van der Waals surface area contributed by atoms with Crippen molar-refractivity contribution < 1.29 is 4.74 Å². The number of hydrogen-bond acceptors (Lipinski definition) is 2. The lowest BCUT2D eigenvalue weighted by Crippen LogP contribution is -2.15. The first-order valence-corrected chi connectivity index (χ1v) is 14.3. The molecule has 0 aliphatic rings. The van der Waals surface area contributed by atoms with E-state index in [-0.39, 0.29) is 22.4 Å². The molecule has 0 amide bonds. The molecule has 0 unspecified atom stereocenters. The fraction of sp³-hybridized carbons (Fsp3) is 0.815. The van der Waals surface area contributed by atoms with Crippen LogP contribution in [0.5, 0.6) is 5.75 Å². The van der Waals surface area contributed by atoms with Gasteiger partial charge in [-0.15, -0.1) is 17.0 Å². The van der Waals surface area contributed by atoms with E-state index in [0.29, 0.717) is 17.7 Å². The van der Waals surface area contributed by atoms with Crippen LogP contribution in [0.15, 0.2) is 17.1 Å². The van der Waals surface area contributed by atoms with Gasteiger partial charge in [-0.1, -0.05) is 126 Å². The van der Waals surface area contributed by atoms with E-state index in [4.69, 9.17) is 4.74 Å². The molecular weight excluding hydrogens is 530 g/mol. The Kier molecular flexibility index (Phi) is 22.3. The fourth-order valence-electron chi connectivity index (χ4n) is 4.10. The Balaban J connectivity index is 0.00000961. The molecule has 3 nitrogen and oxygen atoms in total. The van der Waals surface area contributed by atoms with Crippen LogP contribution in [0.2, 0.25) is 0 Å². The van der Waals surface area contributed by atoms with E-state index in [1.54, 1.807) is 6.07 Å². The molecule has 0 aromatic carbocycles. The van der Waals surface area contributed by atoms with E-state index < -0.39 is 0 Å². The smallest absolute Gasteiger partial charge is 0.223 e. The summed E-state index contributed by atoms with van der Waals surface area (Å²) in [5.74, 6) is 0.499. The van der Waals surface area contributed by atoms with Crippen LogP contribution in [0.25, 0.3) is 0 Å². The highest BCUT2D eigenvalue weighted by atomic mass is 79.9. The van der Waals surface area contributed by atoms with E-state index >= 15 is 0 Å². The zero-order valence-corrected chi connectivity index (χ0v) is 24.1. The number of unbranched alkanes of at least 4 members (excludes halogenated alkanes) is 15. The molecule has 0 atom stereocenters. The molecule has 0 aliphatic carbocycles. The second kappa shape index (κ2) is 22.5. The minimum Gasteiger partial charge on any atom is -0.488 e. The second-order valence-corrected chi connectivity index (χ2v) is 9.53. The van der Waals surface area contributed by atoms with Gasteiger partial charge in [-0.3, -0.25) is 4.79 Å². The zero-order valence-electron chi connectivity index (χ0n) is 20.8. The second-order valence-electron chi connectivity index (χ2n) is 8.97. The summed E-state index contributed by atoms with van der Waals surface area (Å²) < 4.78 is 7.92. The number of ether oxygens (including phenoxy) is 1. The summed E-state index contributed by atoms with van der Waals surface area (Å²) in [7, 11) is 0. The summed E-state index contributed by atoms with van der Waals surface area (Å²) >= 11 is 3.46. The molecule has 5 heteroatoms. The van der Waals surface area contributed by atoms with Crippen LogP contribution in [0.3, 0.4) is 0 Å². The number of nitrogens with zero attached hydrogens (tertiary/aromatic N) is 1. The van der Waals surface area contributed by atoms with Crippen molar-refractivity contribution in [2.75, 3.05) is 6.61 Å². The van der Waals surface area contributed by atoms with Gasteiger partial charge < -0.3 is 9.30 Å². The minimum absolute atomic E-state index is 0. The average molecular weight is 580 g/mol. The first-order valence-electron chi connectivity index (χ1n) is 13.1. The average Bonchev–Trinajstić information content (AvgIpc) is 2.77. The molecule has 32 heavy (non-hydrogen) atoms. The Bertz CT molecular complexity index is 604. The lowest BCUT2D eigenvalue weighted by atomic mass is 10.0. The Morgan fingerprint density at radius 2 is 1.22 bits per heavy atom. The molecule has 1 heterocycles. The van der Waals surface area contributed by atoms with Gasteiger partial charge in [-0.2, -0.15) is 0 Å². The summed E-state index contributed by atoms with van der Waals surface area (Å²) in [6.07, 6.45) is 24.8. The largest absolute Gasteiger partial charge is 0.488 e. The summed E-state index contributed by atoms with van der Waals surface area (Å²) in [5.41, 5.74) is 1.01. The maximum Gasteiger partial charge on any atom is 0.223 e. The number of alkyl halides is 1. The summed E-state index contributed by atoms with van der Waals surface area (Å²) in [6.45, 7) is 5.99. The number of pyridine rings is 1. The molecule has 1 rings (SSSR count). The molecule has 0 fully saturated rings. The first kappa shape index (κ1) is 31.7. The number of rotatable bonds is 21. The Hall–Kier alpha value is -0.290. The maximum absolute atomic E-state index is 12.2. The van der Waals surface area contributed by atoms with Crippen LogP contribution in [0.1, 0.15) is 129 Å². The topological polar surface area (TPSA) is 31.2 Å². The number of aromatic nitrogens is 1. The predicted molar refractivity (Wildman–Crippen MR) is 149 cm³/mol. The molecule has 1 aromatic rings. The maximum atomic E-state index is 12.2. The van der Waals surface area contributed by atoms with Crippen LogP contribution in [-0.2, 0) is 11.9 Å². The molecule has 0 radical (unpaired) electrons. The number of halogens is 2. The van der Waals surface area contributed by atoms with Crippen LogP contribution in [-0.4, -0.2) is 11.2 Å². The van der Waals surface area contributed by atoms with Gasteiger partial charge in [0.25, 0.3) is 0 Å². The van der Waals surface area contributed by atoms with E-state index in [9.17, 15) is 4.79 Å². The van der Waals surface area contributed by atoms with Gasteiger partial charge in [-0.25, -0.2) is 0 Å². The van der Waals surface area contributed by atoms with E-state index in [2.05, 4.69) is 34.3 Å². The quantitative estimate of drug-likeness (QED) is 0.107. The van der Waals surface area contributed by atoms with E-state index in [0.717, 1.165) is 25.1 Å². The van der Waals surface area contributed by atoms with Crippen molar-refractivity contribution in [2.24, 2.45) is 0 Å². The summed E-state index contributed by atoms with van der Waals surface area (Å²) in [6, 6.07) is 1.70. The molecular formula is C27H49Br2NO2. The third kappa shape index (κ3) is 15.5. The zero-order chi connectivity index (χ0) is 22.6. The van der Waals surface area contributed by atoms with Gasteiger partial charge in [0.15, 0.2) is 5.75 Å². The molecule has 0 N–H and O–H groups in total. The molecule has 1 aromatic heterocycles. The SMILES string of the molecule is Br.CCCCCCCCCCCCCCCCCCOc1cn(CCC)c(CBr)cc1=O. The molecule has 188 valence electrons. The highest BCUT2D eigenvalue weighted by Gasteiger charge is 2.06. The lowest BCUT2D eigenvalue weighted by molar-refractivity contribution is 0.298. The standard InChI is InChI=1S/C27H48BrNO2.BrH/c1-3-5-6-7-8-9-10-11-12-13-14-15-16-17-18-19-21-31-27-24-29(20-4-2)25(23-28)22-26(27)30;/h22,24H,3-21,23H2,1-2H3;1H. The highest BCUT2D eigenvalue weighted by Crippen LogP contribution is 2.14. The van der Waals surface area contributed by atoms with Gasteiger partial charge in [0, 0.05) is 23.6 Å².